The number of halogens is 1. The first kappa shape index (κ1) is 15.8. The average Bonchev–Trinajstić information content (AvgIpc) is 3.08. The van der Waals surface area contributed by atoms with Gasteiger partial charge in [0.2, 0.25) is 5.91 Å². The lowest BCUT2D eigenvalue weighted by Crippen LogP contribution is -2.15. The standard InChI is InChI=1S/C19H16ClNO4/c20-15-9-12(10-17-19(15)25-8-7-24-17)1-4-18(22)21-14-2-3-16-13(11-14)5-6-23-16/h1-4,9-11H,5-8H2,(H,21,22)/b4-1+. The Morgan fingerprint density at radius 1 is 1.04 bits per heavy atom. The third kappa shape index (κ3) is 3.42. The lowest BCUT2D eigenvalue weighted by atomic mass is 10.1. The average molecular weight is 358 g/mol. The largest absolute Gasteiger partial charge is 0.493 e. The Labute approximate surface area is 150 Å². The molecule has 6 heteroatoms. The number of anilines is 1. The Bertz CT molecular complexity index is 863. The molecule has 0 bridgehead atoms. The number of rotatable bonds is 3. The zero-order valence-electron chi connectivity index (χ0n) is 13.4. The van der Waals surface area contributed by atoms with Crippen molar-refractivity contribution < 1.29 is 19.0 Å². The van der Waals surface area contributed by atoms with E-state index in [1.54, 1.807) is 18.2 Å². The first-order chi connectivity index (χ1) is 12.2. The molecule has 0 radical (unpaired) electrons. The zero-order chi connectivity index (χ0) is 17.2. The number of amides is 1. The van der Waals surface area contributed by atoms with Crippen molar-refractivity contribution in [2.75, 3.05) is 25.1 Å². The molecule has 0 atom stereocenters. The second-order valence-electron chi connectivity index (χ2n) is 5.77. The van der Waals surface area contributed by atoms with Gasteiger partial charge in [0, 0.05) is 18.2 Å². The molecule has 0 saturated carbocycles. The molecule has 0 aromatic heterocycles. The highest BCUT2D eigenvalue weighted by Gasteiger charge is 2.16. The molecule has 2 aliphatic heterocycles. The SMILES string of the molecule is O=C(/C=C/c1cc(Cl)c2c(c1)OCCO2)Nc1ccc2c(c1)CCO2. The molecule has 0 aliphatic carbocycles. The van der Waals surface area contributed by atoms with Crippen molar-refractivity contribution in [3.63, 3.8) is 0 Å². The van der Waals surface area contributed by atoms with Crippen LogP contribution in [0.3, 0.4) is 0 Å². The molecule has 4 rings (SSSR count). The lowest BCUT2D eigenvalue weighted by Gasteiger charge is -2.19. The zero-order valence-corrected chi connectivity index (χ0v) is 14.1. The number of fused-ring (bicyclic) bond motifs is 2. The van der Waals surface area contributed by atoms with Gasteiger partial charge < -0.3 is 19.5 Å². The number of hydrogen-bond acceptors (Lipinski definition) is 4. The van der Waals surface area contributed by atoms with Gasteiger partial charge >= 0.3 is 0 Å². The van der Waals surface area contributed by atoms with E-state index in [2.05, 4.69) is 5.32 Å². The van der Waals surface area contributed by atoms with Gasteiger partial charge in [0.05, 0.1) is 11.6 Å². The number of nitrogens with one attached hydrogen (secondary N) is 1. The maximum absolute atomic E-state index is 12.1. The van der Waals surface area contributed by atoms with Crippen LogP contribution in [0.15, 0.2) is 36.4 Å². The first-order valence-electron chi connectivity index (χ1n) is 8.03. The number of benzene rings is 2. The third-order valence-corrected chi connectivity index (χ3v) is 4.28. The lowest BCUT2D eigenvalue weighted by molar-refractivity contribution is -0.111. The van der Waals surface area contributed by atoms with E-state index in [0.717, 1.165) is 29.0 Å². The Kier molecular flexibility index (Phi) is 4.24. The van der Waals surface area contributed by atoms with Gasteiger partial charge in [-0.2, -0.15) is 0 Å². The molecule has 0 spiro atoms. The van der Waals surface area contributed by atoms with Gasteiger partial charge in [0.25, 0.3) is 0 Å². The molecule has 5 nitrogen and oxygen atoms in total. The maximum Gasteiger partial charge on any atom is 0.248 e. The summed E-state index contributed by atoms with van der Waals surface area (Å²) in [5, 5.41) is 3.32. The summed E-state index contributed by atoms with van der Waals surface area (Å²) in [6.07, 6.45) is 4.02. The summed E-state index contributed by atoms with van der Waals surface area (Å²) in [6, 6.07) is 9.19. The Morgan fingerprint density at radius 3 is 2.80 bits per heavy atom. The minimum Gasteiger partial charge on any atom is -0.493 e. The van der Waals surface area contributed by atoms with Crippen molar-refractivity contribution >= 4 is 29.3 Å². The van der Waals surface area contributed by atoms with Crippen LogP contribution in [-0.2, 0) is 11.2 Å². The summed E-state index contributed by atoms with van der Waals surface area (Å²) < 4.78 is 16.5. The van der Waals surface area contributed by atoms with Crippen LogP contribution in [0.25, 0.3) is 6.08 Å². The molecule has 0 fully saturated rings. The molecular weight excluding hydrogens is 342 g/mol. The fraction of sp³-hybridized carbons (Fsp3) is 0.211. The highest BCUT2D eigenvalue weighted by atomic mass is 35.5. The predicted molar refractivity (Wildman–Crippen MR) is 95.7 cm³/mol. The molecule has 2 aromatic rings. The van der Waals surface area contributed by atoms with Crippen molar-refractivity contribution in [3.8, 4) is 17.2 Å². The molecule has 25 heavy (non-hydrogen) atoms. The fourth-order valence-corrected chi connectivity index (χ4v) is 3.12. The second-order valence-corrected chi connectivity index (χ2v) is 6.18. The smallest absolute Gasteiger partial charge is 0.248 e. The van der Waals surface area contributed by atoms with E-state index in [1.807, 2.05) is 18.2 Å². The van der Waals surface area contributed by atoms with Crippen molar-refractivity contribution in [3.05, 3.63) is 52.6 Å². The van der Waals surface area contributed by atoms with Crippen molar-refractivity contribution in [2.24, 2.45) is 0 Å². The molecule has 2 aromatic carbocycles. The molecule has 1 amide bonds. The van der Waals surface area contributed by atoms with Gasteiger partial charge in [0.15, 0.2) is 11.5 Å². The van der Waals surface area contributed by atoms with E-state index in [9.17, 15) is 4.79 Å². The topological polar surface area (TPSA) is 56.8 Å². The summed E-state index contributed by atoms with van der Waals surface area (Å²) in [5.41, 5.74) is 2.63. The summed E-state index contributed by atoms with van der Waals surface area (Å²) in [4.78, 5) is 12.1. The van der Waals surface area contributed by atoms with E-state index in [1.165, 1.54) is 6.08 Å². The van der Waals surface area contributed by atoms with Gasteiger partial charge in [-0.3, -0.25) is 4.79 Å². The molecule has 2 heterocycles. The predicted octanol–water partition coefficient (Wildman–Crippen LogP) is 3.70. The monoisotopic (exact) mass is 357 g/mol. The maximum atomic E-state index is 12.1. The van der Waals surface area contributed by atoms with E-state index in [0.29, 0.717) is 36.3 Å². The molecule has 128 valence electrons. The van der Waals surface area contributed by atoms with E-state index in [-0.39, 0.29) is 5.91 Å². The van der Waals surface area contributed by atoms with Gasteiger partial charge in [0.1, 0.15) is 19.0 Å². The summed E-state index contributed by atoms with van der Waals surface area (Å²) in [5.74, 6) is 1.82. The van der Waals surface area contributed by atoms with Crippen LogP contribution in [-0.4, -0.2) is 25.7 Å². The number of carbonyl (C=O) groups is 1. The van der Waals surface area contributed by atoms with Crippen LogP contribution < -0.4 is 19.5 Å². The summed E-state index contributed by atoms with van der Waals surface area (Å²) in [6.45, 7) is 1.66. The molecular formula is C19H16ClNO4. The van der Waals surface area contributed by atoms with Crippen LogP contribution in [0.5, 0.6) is 17.2 Å². The van der Waals surface area contributed by atoms with E-state index < -0.39 is 0 Å². The molecule has 1 N–H and O–H groups in total. The fourth-order valence-electron chi connectivity index (χ4n) is 2.85. The van der Waals surface area contributed by atoms with Crippen molar-refractivity contribution in [1.82, 2.24) is 0 Å². The molecule has 0 unspecified atom stereocenters. The van der Waals surface area contributed by atoms with Crippen LogP contribution >= 0.6 is 11.6 Å². The Balaban J connectivity index is 1.46. The minimum absolute atomic E-state index is 0.218. The van der Waals surface area contributed by atoms with E-state index >= 15 is 0 Å². The van der Waals surface area contributed by atoms with Gasteiger partial charge in [-0.15, -0.1) is 0 Å². The normalized spacial score (nSPS) is 14.9. The molecule has 2 aliphatic rings. The quantitative estimate of drug-likeness (QED) is 0.851. The molecule has 0 saturated heterocycles. The highest BCUT2D eigenvalue weighted by Crippen LogP contribution is 2.38. The number of ether oxygens (including phenoxy) is 3. The number of hydrogen-bond donors (Lipinski definition) is 1. The van der Waals surface area contributed by atoms with Crippen molar-refractivity contribution in [1.29, 1.82) is 0 Å². The second kappa shape index (κ2) is 6.69. The van der Waals surface area contributed by atoms with Crippen LogP contribution in [0, 0.1) is 0 Å². The van der Waals surface area contributed by atoms with E-state index in [4.69, 9.17) is 25.8 Å². The van der Waals surface area contributed by atoms with Crippen LogP contribution in [0.1, 0.15) is 11.1 Å². The summed E-state index contributed by atoms with van der Waals surface area (Å²) in [7, 11) is 0. The van der Waals surface area contributed by atoms with Gasteiger partial charge in [-0.1, -0.05) is 11.6 Å². The van der Waals surface area contributed by atoms with Crippen LogP contribution in [0.2, 0.25) is 5.02 Å². The first-order valence-corrected chi connectivity index (χ1v) is 8.41. The highest BCUT2D eigenvalue weighted by molar-refractivity contribution is 6.32. The van der Waals surface area contributed by atoms with Crippen molar-refractivity contribution in [2.45, 2.75) is 6.42 Å². The van der Waals surface area contributed by atoms with Gasteiger partial charge in [-0.05, 0) is 47.5 Å². The van der Waals surface area contributed by atoms with Gasteiger partial charge in [-0.25, -0.2) is 0 Å². The third-order valence-electron chi connectivity index (χ3n) is 4.00. The minimum atomic E-state index is -0.218. The Morgan fingerprint density at radius 2 is 1.88 bits per heavy atom. The van der Waals surface area contributed by atoms with Crippen LogP contribution in [0.4, 0.5) is 5.69 Å². The Hall–Kier alpha value is -2.66. The number of carbonyl (C=O) groups excluding carboxylic acids is 1. The summed E-state index contributed by atoms with van der Waals surface area (Å²) >= 11 is 6.20.